The second-order valence-corrected chi connectivity index (χ2v) is 15.8. The van der Waals surface area contributed by atoms with Gasteiger partial charge in [-0.2, -0.15) is 4.72 Å². The van der Waals surface area contributed by atoms with Crippen molar-refractivity contribution in [3.63, 3.8) is 0 Å². The van der Waals surface area contributed by atoms with Crippen LogP contribution >= 0.6 is 68.7 Å². The summed E-state index contributed by atoms with van der Waals surface area (Å²) in [5, 5.41) is 11.2. The lowest BCUT2D eigenvalue weighted by atomic mass is 10.0. The summed E-state index contributed by atoms with van der Waals surface area (Å²) < 4.78 is 29.8. The molecule has 0 spiro atoms. The van der Waals surface area contributed by atoms with Crippen LogP contribution in [0.4, 0.5) is 0 Å². The van der Waals surface area contributed by atoms with Crippen LogP contribution in [-0.2, 0) is 30.8 Å². The summed E-state index contributed by atoms with van der Waals surface area (Å²) in [7, 11) is -2.51. The van der Waals surface area contributed by atoms with E-state index in [1.54, 1.807) is 7.05 Å². The van der Waals surface area contributed by atoms with Crippen LogP contribution in [0.3, 0.4) is 0 Å². The van der Waals surface area contributed by atoms with E-state index in [1.165, 1.54) is 6.07 Å². The van der Waals surface area contributed by atoms with Crippen LogP contribution in [0.1, 0.15) is 38.7 Å². The van der Waals surface area contributed by atoms with Gasteiger partial charge in [0.2, 0.25) is 17.7 Å². The monoisotopic (exact) mass is 807 g/mol. The molecule has 0 bridgehead atoms. The predicted molar refractivity (Wildman–Crippen MR) is 182 cm³/mol. The first-order chi connectivity index (χ1) is 20.3. The smallest absolute Gasteiger partial charge is 0.250 e. The van der Waals surface area contributed by atoms with Gasteiger partial charge in [-0.05, 0) is 78.6 Å². The molecule has 3 atom stereocenters. The van der Waals surface area contributed by atoms with Crippen LogP contribution < -0.4 is 26.0 Å². The molecule has 1 aromatic carbocycles. The van der Waals surface area contributed by atoms with Crippen molar-refractivity contribution in [2.45, 2.75) is 61.9 Å². The van der Waals surface area contributed by atoms with Gasteiger partial charge < -0.3 is 21.3 Å². The standard InChI is InChI=1S/C27H37Cl3IN5O5S2/c1-16(2)5-10-20(36-43(40,41)23-14-19(29)24(30)42-23)26(38)34-21(13-17-6-8-18(31)9-7-17)27(39)35-22(15-32-3)25(37)33-12-4-11-28/h6-9,14,16,20-22,32,36H,4-5,10-13,15H2,1-3H3,(H,33,37)(H,34,38)(H,35,39)/t20-,21-,22-/m0/s1. The van der Waals surface area contributed by atoms with Crippen molar-refractivity contribution in [3.8, 4) is 0 Å². The number of carbonyl (C=O) groups excluding carboxylic acids is 3. The molecule has 16 heteroatoms. The number of carbonyl (C=O) groups is 3. The minimum atomic E-state index is -4.16. The van der Waals surface area contributed by atoms with E-state index in [-0.39, 0.29) is 38.9 Å². The predicted octanol–water partition coefficient (Wildman–Crippen LogP) is 3.92. The Morgan fingerprint density at radius 1 is 0.953 bits per heavy atom. The SMILES string of the molecule is CNC[C@H](NC(=O)[C@H](Cc1ccc(I)cc1)NC(=O)[C@H](CCC(C)C)NS(=O)(=O)c1cc(Cl)c(Cl)s1)C(=O)NCCCCl. The number of hydrogen-bond acceptors (Lipinski definition) is 7. The highest BCUT2D eigenvalue weighted by Crippen LogP contribution is 2.34. The highest BCUT2D eigenvalue weighted by molar-refractivity contribution is 14.1. The van der Waals surface area contributed by atoms with E-state index in [0.717, 1.165) is 20.5 Å². The van der Waals surface area contributed by atoms with Crippen LogP contribution in [0.5, 0.6) is 0 Å². The highest BCUT2D eigenvalue weighted by atomic mass is 127. The van der Waals surface area contributed by atoms with Crippen molar-refractivity contribution >= 4 is 96.5 Å². The Kier molecular flexibility index (Phi) is 16.5. The maximum absolute atomic E-state index is 13.6. The third kappa shape index (κ3) is 13.0. The van der Waals surface area contributed by atoms with E-state index in [0.29, 0.717) is 25.3 Å². The Morgan fingerprint density at radius 2 is 1.58 bits per heavy atom. The van der Waals surface area contributed by atoms with E-state index in [2.05, 4.69) is 48.6 Å². The number of hydrogen-bond donors (Lipinski definition) is 5. The fourth-order valence-electron chi connectivity index (χ4n) is 3.87. The fraction of sp³-hybridized carbons (Fsp3) is 0.519. The summed E-state index contributed by atoms with van der Waals surface area (Å²) in [6.45, 7) is 4.40. The zero-order valence-corrected chi connectivity index (χ0v) is 30.1. The molecule has 2 rings (SSSR count). The second-order valence-electron chi connectivity index (χ2n) is 10.2. The first-order valence-corrected chi connectivity index (χ1v) is 18.2. The molecule has 1 aromatic heterocycles. The lowest BCUT2D eigenvalue weighted by Gasteiger charge is -2.25. The summed E-state index contributed by atoms with van der Waals surface area (Å²) >= 11 is 20.6. The number of nitrogens with one attached hydrogen (secondary N) is 5. The van der Waals surface area contributed by atoms with Crippen LogP contribution in [0.2, 0.25) is 9.36 Å². The molecule has 0 aliphatic rings. The van der Waals surface area contributed by atoms with Gasteiger partial charge >= 0.3 is 0 Å². The maximum Gasteiger partial charge on any atom is 0.250 e. The van der Waals surface area contributed by atoms with Gasteiger partial charge in [0.25, 0.3) is 10.0 Å². The van der Waals surface area contributed by atoms with Crippen LogP contribution in [0.15, 0.2) is 34.5 Å². The number of alkyl halides is 1. The van der Waals surface area contributed by atoms with E-state index < -0.39 is 45.9 Å². The number of rotatable bonds is 18. The zero-order chi connectivity index (χ0) is 32.2. The lowest BCUT2D eigenvalue weighted by Crippen LogP contribution is -2.59. The summed E-state index contributed by atoms with van der Waals surface area (Å²) in [6, 6.07) is 5.41. The summed E-state index contributed by atoms with van der Waals surface area (Å²) in [6.07, 6.45) is 1.39. The molecular weight excluding hydrogens is 772 g/mol. The van der Waals surface area contributed by atoms with Crippen molar-refractivity contribution in [1.29, 1.82) is 0 Å². The van der Waals surface area contributed by atoms with E-state index in [4.69, 9.17) is 34.8 Å². The molecule has 0 aliphatic heterocycles. The maximum atomic E-state index is 13.6. The molecule has 0 fully saturated rings. The second kappa shape index (κ2) is 18.7. The van der Waals surface area contributed by atoms with E-state index >= 15 is 0 Å². The third-order valence-corrected chi connectivity index (χ3v) is 11.0. The minimum Gasteiger partial charge on any atom is -0.354 e. The minimum absolute atomic E-state index is 0.0901. The third-order valence-electron chi connectivity index (χ3n) is 6.17. The number of amides is 3. The van der Waals surface area contributed by atoms with Crippen LogP contribution in [-0.4, -0.2) is 70.3 Å². The number of sulfonamides is 1. The van der Waals surface area contributed by atoms with Crippen molar-refractivity contribution in [2.24, 2.45) is 5.92 Å². The largest absolute Gasteiger partial charge is 0.354 e. The molecule has 0 saturated heterocycles. The van der Waals surface area contributed by atoms with Gasteiger partial charge in [0, 0.05) is 29.0 Å². The summed E-state index contributed by atoms with van der Waals surface area (Å²) in [4.78, 5) is 40.0. The first-order valence-electron chi connectivity index (χ1n) is 13.6. The van der Waals surface area contributed by atoms with Crippen molar-refractivity contribution in [2.75, 3.05) is 26.0 Å². The molecule has 240 valence electrons. The summed E-state index contributed by atoms with van der Waals surface area (Å²) in [5.74, 6) is -1.12. The molecule has 0 aliphatic carbocycles. The average molecular weight is 809 g/mol. The van der Waals surface area contributed by atoms with Gasteiger partial charge in [0.15, 0.2) is 0 Å². The Hall–Kier alpha value is -1.20. The molecule has 10 nitrogen and oxygen atoms in total. The van der Waals surface area contributed by atoms with Crippen LogP contribution in [0, 0.1) is 9.49 Å². The van der Waals surface area contributed by atoms with Gasteiger partial charge in [0.1, 0.15) is 26.7 Å². The highest BCUT2D eigenvalue weighted by Gasteiger charge is 2.32. The Labute approximate surface area is 285 Å². The molecular formula is C27H37Cl3IN5O5S2. The van der Waals surface area contributed by atoms with Gasteiger partial charge in [-0.25, -0.2) is 8.42 Å². The van der Waals surface area contributed by atoms with Gasteiger partial charge in [-0.1, -0.05) is 49.2 Å². The van der Waals surface area contributed by atoms with Gasteiger partial charge in [0.05, 0.1) is 5.02 Å². The van der Waals surface area contributed by atoms with Crippen molar-refractivity contribution < 1.29 is 22.8 Å². The van der Waals surface area contributed by atoms with Crippen LogP contribution in [0.25, 0.3) is 0 Å². The van der Waals surface area contributed by atoms with E-state index in [9.17, 15) is 22.8 Å². The van der Waals surface area contributed by atoms with Gasteiger partial charge in [-0.3, -0.25) is 14.4 Å². The lowest BCUT2D eigenvalue weighted by molar-refractivity contribution is -0.132. The number of halogens is 4. The molecule has 43 heavy (non-hydrogen) atoms. The average Bonchev–Trinajstić information content (AvgIpc) is 3.30. The van der Waals surface area contributed by atoms with Crippen molar-refractivity contribution in [3.05, 3.63) is 48.8 Å². The first kappa shape index (κ1) is 38.0. The van der Waals surface area contributed by atoms with Gasteiger partial charge in [-0.15, -0.1) is 22.9 Å². The summed E-state index contributed by atoms with van der Waals surface area (Å²) in [5.41, 5.74) is 0.764. The molecule has 5 N–H and O–H groups in total. The molecule has 3 amide bonds. The van der Waals surface area contributed by atoms with Crippen molar-refractivity contribution in [1.82, 2.24) is 26.0 Å². The molecule has 0 saturated carbocycles. The number of benzene rings is 1. The number of thiophene rings is 1. The molecule has 1 heterocycles. The molecule has 0 unspecified atom stereocenters. The zero-order valence-electron chi connectivity index (χ0n) is 24.0. The normalized spacial score (nSPS) is 13.8. The quantitative estimate of drug-likeness (QED) is 0.0878. The number of likely N-dealkylation sites (N-methyl/N-ethyl adjacent to an activating group) is 1. The molecule has 2 aromatic rings. The fourth-order valence-corrected chi connectivity index (χ4v) is 7.49. The Bertz CT molecular complexity index is 1310. The Morgan fingerprint density at radius 3 is 2.14 bits per heavy atom. The Balaban J connectivity index is 2.33. The molecule has 0 radical (unpaired) electrons. The topological polar surface area (TPSA) is 145 Å². The van der Waals surface area contributed by atoms with E-state index in [1.807, 2.05) is 38.1 Å².